The fourth-order valence-corrected chi connectivity index (χ4v) is 2.65. The zero-order valence-electron chi connectivity index (χ0n) is 11.6. The van der Waals surface area contributed by atoms with Crippen LogP contribution in [0, 0.1) is 25.5 Å². The van der Waals surface area contributed by atoms with Crippen molar-refractivity contribution in [2.45, 2.75) is 26.8 Å². The van der Waals surface area contributed by atoms with E-state index in [2.05, 4.69) is 21.2 Å². The van der Waals surface area contributed by atoms with Gasteiger partial charge in [0.2, 0.25) is 0 Å². The van der Waals surface area contributed by atoms with Crippen LogP contribution in [0.4, 0.5) is 14.5 Å². The van der Waals surface area contributed by atoms with Gasteiger partial charge in [-0.15, -0.1) is 0 Å². The van der Waals surface area contributed by atoms with Gasteiger partial charge in [-0.3, -0.25) is 0 Å². The molecule has 1 unspecified atom stereocenters. The van der Waals surface area contributed by atoms with E-state index in [1.807, 2.05) is 25.1 Å². The second-order valence-corrected chi connectivity index (χ2v) is 5.83. The largest absolute Gasteiger partial charge is 0.377 e. The molecule has 2 aromatic rings. The summed E-state index contributed by atoms with van der Waals surface area (Å²) in [5.41, 5.74) is 2.61. The molecule has 4 heteroatoms. The molecule has 0 aliphatic heterocycles. The monoisotopic (exact) mass is 339 g/mol. The van der Waals surface area contributed by atoms with Gasteiger partial charge in [0.05, 0.1) is 6.04 Å². The van der Waals surface area contributed by atoms with Crippen molar-refractivity contribution in [1.82, 2.24) is 0 Å². The van der Waals surface area contributed by atoms with Gasteiger partial charge in [-0.05, 0) is 72.1 Å². The molecule has 0 amide bonds. The minimum atomic E-state index is -0.396. The van der Waals surface area contributed by atoms with Crippen LogP contribution in [0.1, 0.15) is 29.7 Å². The lowest BCUT2D eigenvalue weighted by molar-refractivity contribution is 0.571. The van der Waals surface area contributed by atoms with Crippen molar-refractivity contribution in [1.29, 1.82) is 0 Å². The molecule has 2 rings (SSSR count). The van der Waals surface area contributed by atoms with Crippen molar-refractivity contribution in [3.05, 3.63) is 63.1 Å². The van der Waals surface area contributed by atoms with Crippen molar-refractivity contribution >= 4 is 21.6 Å². The molecule has 20 heavy (non-hydrogen) atoms. The molecule has 106 valence electrons. The summed E-state index contributed by atoms with van der Waals surface area (Å²) < 4.78 is 28.4. The Morgan fingerprint density at radius 2 is 1.75 bits per heavy atom. The van der Waals surface area contributed by atoms with Crippen LogP contribution in [0.3, 0.4) is 0 Å². The maximum Gasteiger partial charge on any atom is 0.128 e. The molecule has 0 aromatic heterocycles. The molecule has 0 spiro atoms. The number of aryl methyl sites for hydroxylation is 2. The maximum atomic E-state index is 13.9. The molecule has 0 heterocycles. The summed E-state index contributed by atoms with van der Waals surface area (Å²) in [5.74, 6) is -0.787. The van der Waals surface area contributed by atoms with Gasteiger partial charge < -0.3 is 5.32 Å². The lowest BCUT2D eigenvalue weighted by atomic mass is 10.0. The van der Waals surface area contributed by atoms with Gasteiger partial charge >= 0.3 is 0 Å². The van der Waals surface area contributed by atoms with Crippen LogP contribution >= 0.6 is 15.9 Å². The van der Waals surface area contributed by atoms with Crippen molar-refractivity contribution in [2.75, 3.05) is 5.32 Å². The SMILES string of the molecule is Cc1ccc(NC(C)c2cc(F)c(C)cc2F)c(Br)c1. The Morgan fingerprint density at radius 1 is 1.05 bits per heavy atom. The molecule has 0 saturated carbocycles. The molecular formula is C16H16BrF2N. The molecule has 1 nitrogen and oxygen atoms in total. The Balaban J connectivity index is 2.28. The maximum absolute atomic E-state index is 13.9. The minimum absolute atomic E-state index is 0.315. The molecule has 0 radical (unpaired) electrons. The van der Waals surface area contributed by atoms with E-state index in [4.69, 9.17) is 0 Å². The Labute approximate surface area is 126 Å². The Hall–Kier alpha value is -1.42. The van der Waals surface area contributed by atoms with Crippen molar-refractivity contribution in [2.24, 2.45) is 0 Å². The van der Waals surface area contributed by atoms with Crippen LogP contribution in [0.5, 0.6) is 0 Å². The van der Waals surface area contributed by atoms with Gasteiger partial charge in [0, 0.05) is 15.7 Å². The normalized spacial score (nSPS) is 12.3. The predicted molar refractivity (Wildman–Crippen MR) is 82.0 cm³/mol. The summed E-state index contributed by atoms with van der Waals surface area (Å²) in [6, 6.07) is 8.01. The Kier molecular flexibility index (Phi) is 4.43. The quantitative estimate of drug-likeness (QED) is 0.776. The topological polar surface area (TPSA) is 12.0 Å². The van der Waals surface area contributed by atoms with E-state index < -0.39 is 11.6 Å². The highest BCUT2D eigenvalue weighted by atomic mass is 79.9. The molecule has 1 N–H and O–H groups in total. The first-order valence-electron chi connectivity index (χ1n) is 6.36. The van der Waals surface area contributed by atoms with E-state index in [1.54, 1.807) is 13.8 Å². The Morgan fingerprint density at radius 3 is 2.40 bits per heavy atom. The predicted octanol–water partition coefficient (Wildman–Crippen LogP) is 5.52. The third-order valence-electron chi connectivity index (χ3n) is 3.24. The van der Waals surface area contributed by atoms with Crippen LogP contribution in [-0.2, 0) is 0 Å². The summed E-state index contributed by atoms with van der Waals surface area (Å²) in [4.78, 5) is 0. The first-order chi connectivity index (χ1) is 9.38. The number of hydrogen-bond donors (Lipinski definition) is 1. The van der Waals surface area contributed by atoms with E-state index in [9.17, 15) is 8.78 Å². The number of hydrogen-bond acceptors (Lipinski definition) is 1. The lowest BCUT2D eigenvalue weighted by Crippen LogP contribution is -2.10. The van der Waals surface area contributed by atoms with Crippen LogP contribution < -0.4 is 5.32 Å². The van der Waals surface area contributed by atoms with Crippen LogP contribution in [0.25, 0.3) is 0 Å². The molecule has 0 fully saturated rings. The van der Waals surface area contributed by atoms with E-state index in [0.717, 1.165) is 15.7 Å². The van der Waals surface area contributed by atoms with Crippen LogP contribution in [0.2, 0.25) is 0 Å². The fraction of sp³-hybridized carbons (Fsp3) is 0.250. The highest BCUT2D eigenvalue weighted by molar-refractivity contribution is 9.10. The molecule has 0 aliphatic carbocycles. The first-order valence-corrected chi connectivity index (χ1v) is 7.16. The van der Waals surface area contributed by atoms with E-state index in [1.165, 1.54) is 12.1 Å². The van der Waals surface area contributed by atoms with Crippen LogP contribution in [0.15, 0.2) is 34.8 Å². The third kappa shape index (κ3) is 3.18. The average molecular weight is 340 g/mol. The van der Waals surface area contributed by atoms with Gasteiger partial charge in [0.1, 0.15) is 11.6 Å². The summed E-state index contributed by atoms with van der Waals surface area (Å²) in [6.45, 7) is 5.35. The minimum Gasteiger partial charge on any atom is -0.377 e. The highest BCUT2D eigenvalue weighted by Gasteiger charge is 2.14. The van der Waals surface area contributed by atoms with Crippen molar-refractivity contribution in [3.63, 3.8) is 0 Å². The second-order valence-electron chi connectivity index (χ2n) is 4.97. The fourth-order valence-electron chi connectivity index (χ4n) is 2.04. The first kappa shape index (κ1) is 15.0. The second kappa shape index (κ2) is 5.92. The lowest BCUT2D eigenvalue weighted by Gasteiger charge is -2.18. The van der Waals surface area contributed by atoms with E-state index in [0.29, 0.717) is 11.1 Å². The Bertz CT molecular complexity index is 641. The zero-order valence-corrected chi connectivity index (χ0v) is 13.2. The zero-order chi connectivity index (χ0) is 14.9. The molecular weight excluding hydrogens is 324 g/mol. The molecule has 1 atom stereocenters. The van der Waals surface area contributed by atoms with E-state index in [-0.39, 0.29) is 6.04 Å². The number of nitrogens with one attached hydrogen (secondary N) is 1. The number of benzene rings is 2. The summed E-state index contributed by atoms with van der Waals surface area (Å²) in [6.07, 6.45) is 0. The van der Waals surface area contributed by atoms with Gasteiger partial charge in [0.25, 0.3) is 0 Å². The molecule has 2 aromatic carbocycles. The van der Waals surface area contributed by atoms with Gasteiger partial charge in [0.15, 0.2) is 0 Å². The van der Waals surface area contributed by atoms with Gasteiger partial charge in [-0.25, -0.2) is 8.78 Å². The number of rotatable bonds is 3. The molecule has 0 aliphatic rings. The average Bonchev–Trinajstić information content (AvgIpc) is 2.37. The number of anilines is 1. The summed E-state index contributed by atoms with van der Waals surface area (Å²) in [5, 5.41) is 3.19. The highest BCUT2D eigenvalue weighted by Crippen LogP contribution is 2.29. The molecule has 0 bridgehead atoms. The standard InChI is InChI=1S/C16H16BrF2N/c1-9-4-5-16(13(17)6-9)20-11(3)12-8-14(18)10(2)7-15(12)19/h4-8,11,20H,1-3H3. The third-order valence-corrected chi connectivity index (χ3v) is 3.90. The summed E-state index contributed by atoms with van der Waals surface area (Å²) >= 11 is 3.46. The molecule has 0 saturated heterocycles. The van der Waals surface area contributed by atoms with Crippen LogP contribution in [-0.4, -0.2) is 0 Å². The smallest absolute Gasteiger partial charge is 0.128 e. The van der Waals surface area contributed by atoms with Gasteiger partial charge in [-0.1, -0.05) is 6.07 Å². The van der Waals surface area contributed by atoms with E-state index >= 15 is 0 Å². The summed E-state index contributed by atoms with van der Waals surface area (Å²) in [7, 11) is 0. The van der Waals surface area contributed by atoms with Gasteiger partial charge in [-0.2, -0.15) is 0 Å². The van der Waals surface area contributed by atoms with Crippen molar-refractivity contribution in [3.8, 4) is 0 Å². The van der Waals surface area contributed by atoms with Crippen molar-refractivity contribution < 1.29 is 8.78 Å². The number of halogens is 3.